The van der Waals surface area contributed by atoms with Crippen molar-refractivity contribution in [1.82, 2.24) is 0 Å². The minimum Gasteiger partial charge on any atom is -0.326 e. The Balaban J connectivity index is 1.56. The molecule has 0 radical (unpaired) electrons. The van der Waals surface area contributed by atoms with Gasteiger partial charge in [0, 0.05) is 11.4 Å². The van der Waals surface area contributed by atoms with Gasteiger partial charge in [0.2, 0.25) is 11.8 Å². The molecule has 3 aliphatic rings. The maximum Gasteiger partial charge on any atom is 0.228 e. The van der Waals surface area contributed by atoms with E-state index in [2.05, 4.69) is 22.8 Å². The van der Waals surface area contributed by atoms with Gasteiger partial charge in [0.25, 0.3) is 0 Å². The number of allylic oxidation sites excluding steroid dienone is 2. The summed E-state index contributed by atoms with van der Waals surface area (Å²) in [5.41, 5.74) is 1.54. The highest BCUT2D eigenvalue weighted by atomic mass is 16.2. The number of anilines is 2. The van der Waals surface area contributed by atoms with E-state index in [1.807, 2.05) is 60.7 Å². The molecule has 2 bridgehead atoms. The van der Waals surface area contributed by atoms with E-state index in [1.165, 1.54) is 0 Å². The lowest BCUT2D eigenvalue weighted by Gasteiger charge is -2.43. The average molecular weight is 346 g/mol. The Morgan fingerprint density at radius 1 is 0.654 bits per heavy atom. The van der Waals surface area contributed by atoms with Gasteiger partial charge in [0.05, 0.1) is 11.8 Å². The first-order valence-corrected chi connectivity index (χ1v) is 9.12. The van der Waals surface area contributed by atoms with E-state index in [-0.39, 0.29) is 35.5 Å². The molecule has 0 unspecified atom stereocenters. The molecule has 4 atom stereocenters. The molecular formula is C22H22N2O2. The standard InChI is InChI=1S/C22H22N2O2/c25-21(23-17-7-3-1-4-8-17)19-15-11-13-16(14-12-15)20(19)22(26)24-18-9-5-2-6-10-18/h1-11,13,15-16,19-20H,12,14H2,(H,23,25)(H,24,26)/t15-,16-,19-,20-/m0/s1. The highest BCUT2D eigenvalue weighted by Gasteiger charge is 2.48. The molecule has 0 aliphatic heterocycles. The van der Waals surface area contributed by atoms with E-state index in [4.69, 9.17) is 0 Å². The van der Waals surface area contributed by atoms with Crippen molar-refractivity contribution in [2.24, 2.45) is 23.7 Å². The highest BCUT2D eigenvalue weighted by Crippen LogP contribution is 2.45. The predicted octanol–water partition coefficient (Wildman–Crippen LogP) is 4.09. The number of benzene rings is 2. The number of hydrogen-bond donors (Lipinski definition) is 2. The van der Waals surface area contributed by atoms with E-state index < -0.39 is 0 Å². The Bertz CT molecular complexity index is 747. The van der Waals surface area contributed by atoms with Crippen LogP contribution in [0.1, 0.15) is 12.8 Å². The molecule has 0 heterocycles. The van der Waals surface area contributed by atoms with E-state index in [1.54, 1.807) is 0 Å². The van der Waals surface area contributed by atoms with Crippen LogP contribution in [0.25, 0.3) is 0 Å². The van der Waals surface area contributed by atoms with Gasteiger partial charge in [-0.25, -0.2) is 0 Å². The first kappa shape index (κ1) is 16.6. The molecule has 2 aromatic rings. The van der Waals surface area contributed by atoms with E-state index in [0.717, 1.165) is 24.2 Å². The van der Waals surface area contributed by atoms with Gasteiger partial charge in [-0.15, -0.1) is 0 Å². The summed E-state index contributed by atoms with van der Waals surface area (Å²) in [6, 6.07) is 18.9. The number of rotatable bonds is 4. The normalized spacial score (nSPS) is 26.3. The van der Waals surface area contributed by atoms with Gasteiger partial charge in [0.15, 0.2) is 0 Å². The molecule has 5 rings (SSSR count). The minimum absolute atomic E-state index is 0.0662. The molecule has 0 saturated heterocycles. The molecule has 2 amide bonds. The Labute approximate surface area is 153 Å². The predicted molar refractivity (Wildman–Crippen MR) is 102 cm³/mol. The van der Waals surface area contributed by atoms with Gasteiger partial charge >= 0.3 is 0 Å². The largest absolute Gasteiger partial charge is 0.326 e. The van der Waals surface area contributed by atoms with Crippen molar-refractivity contribution < 1.29 is 9.59 Å². The third-order valence-electron chi connectivity index (χ3n) is 5.44. The Morgan fingerprint density at radius 2 is 1.04 bits per heavy atom. The van der Waals surface area contributed by atoms with Crippen LogP contribution in [0.3, 0.4) is 0 Å². The number of fused-ring (bicyclic) bond motifs is 2. The molecular weight excluding hydrogens is 324 g/mol. The summed E-state index contributed by atoms with van der Waals surface area (Å²) in [6.45, 7) is 0. The second-order valence-electron chi connectivity index (χ2n) is 7.05. The van der Waals surface area contributed by atoms with Crippen LogP contribution in [-0.2, 0) is 9.59 Å². The number of hydrogen-bond acceptors (Lipinski definition) is 2. The average Bonchev–Trinajstić information content (AvgIpc) is 2.69. The molecule has 132 valence electrons. The van der Waals surface area contributed by atoms with Crippen LogP contribution in [0.15, 0.2) is 72.8 Å². The van der Waals surface area contributed by atoms with E-state index >= 15 is 0 Å². The van der Waals surface area contributed by atoms with Gasteiger partial charge in [-0.3, -0.25) is 9.59 Å². The molecule has 2 aromatic carbocycles. The number of carbonyl (C=O) groups excluding carboxylic acids is 2. The van der Waals surface area contributed by atoms with Crippen molar-refractivity contribution >= 4 is 23.2 Å². The Kier molecular flexibility index (Phi) is 4.57. The van der Waals surface area contributed by atoms with Gasteiger partial charge in [0.1, 0.15) is 0 Å². The third kappa shape index (κ3) is 3.27. The molecule has 4 heteroatoms. The quantitative estimate of drug-likeness (QED) is 0.819. The molecule has 1 fully saturated rings. The molecule has 3 aliphatic carbocycles. The lowest BCUT2D eigenvalue weighted by atomic mass is 9.61. The van der Waals surface area contributed by atoms with Crippen molar-refractivity contribution in [3.63, 3.8) is 0 Å². The summed E-state index contributed by atoms with van der Waals surface area (Å²) in [7, 11) is 0. The summed E-state index contributed by atoms with van der Waals surface area (Å²) in [5, 5.41) is 5.98. The van der Waals surface area contributed by atoms with Crippen molar-refractivity contribution in [2.75, 3.05) is 10.6 Å². The summed E-state index contributed by atoms with van der Waals surface area (Å²) in [4.78, 5) is 26.0. The zero-order chi connectivity index (χ0) is 17.9. The van der Waals surface area contributed by atoms with Crippen LogP contribution >= 0.6 is 0 Å². The van der Waals surface area contributed by atoms with Crippen molar-refractivity contribution in [2.45, 2.75) is 12.8 Å². The summed E-state index contributed by atoms with van der Waals surface area (Å²) >= 11 is 0. The lowest BCUT2D eigenvalue weighted by Crippen LogP contribution is -2.48. The maximum atomic E-state index is 13.0. The smallest absolute Gasteiger partial charge is 0.228 e. The van der Waals surface area contributed by atoms with Crippen LogP contribution in [0, 0.1) is 23.7 Å². The topological polar surface area (TPSA) is 58.2 Å². The van der Waals surface area contributed by atoms with Crippen molar-refractivity contribution in [3.8, 4) is 0 Å². The highest BCUT2D eigenvalue weighted by molar-refractivity contribution is 6.00. The SMILES string of the molecule is O=C(Nc1ccccc1)[C@@H]1[C@@H](C(=O)Nc2ccccc2)[C@H]2C=C[C@H]1CC2. The van der Waals surface area contributed by atoms with Crippen LogP contribution in [0.5, 0.6) is 0 Å². The summed E-state index contributed by atoms with van der Waals surface area (Å²) in [5.74, 6) is -0.553. The third-order valence-corrected chi connectivity index (χ3v) is 5.44. The van der Waals surface area contributed by atoms with Crippen LogP contribution in [-0.4, -0.2) is 11.8 Å². The van der Waals surface area contributed by atoms with Gasteiger partial charge in [-0.2, -0.15) is 0 Å². The van der Waals surface area contributed by atoms with Gasteiger partial charge in [-0.1, -0.05) is 48.6 Å². The molecule has 4 nitrogen and oxygen atoms in total. The van der Waals surface area contributed by atoms with Crippen molar-refractivity contribution in [1.29, 1.82) is 0 Å². The summed E-state index contributed by atoms with van der Waals surface area (Å²) < 4.78 is 0. The monoisotopic (exact) mass is 346 g/mol. The van der Waals surface area contributed by atoms with Gasteiger partial charge < -0.3 is 10.6 Å². The molecule has 0 aromatic heterocycles. The second kappa shape index (κ2) is 7.16. The zero-order valence-electron chi connectivity index (χ0n) is 14.5. The number of carbonyl (C=O) groups is 2. The summed E-state index contributed by atoms with van der Waals surface area (Å²) in [6.07, 6.45) is 6.16. The number of para-hydroxylation sites is 2. The lowest BCUT2D eigenvalue weighted by molar-refractivity contribution is -0.134. The molecule has 1 saturated carbocycles. The zero-order valence-corrected chi connectivity index (χ0v) is 14.5. The Morgan fingerprint density at radius 3 is 1.38 bits per heavy atom. The van der Waals surface area contributed by atoms with E-state index in [0.29, 0.717) is 0 Å². The first-order chi connectivity index (χ1) is 12.7. The molecule has 26 heavy (non-hydrogen) atoms. The van der Waals surface area contributed by atoms with Crippen LogP contribution in [0.2, 0.25) is 0 Å². The fourth-order valence-electron chi connectivity index (χ4n) is 4.20. The van der Waals surface area contributed by atoms with Gasteiger partial charge in [-0.05, 0) is 48.9 Å². The van der Waals surface area contributed by atoms with Crippen LogP contribution < -0.4 is 10.6 Å². The fourth-order valence-corrected chi connectivity index (χ4v) is 4.20. The van der Waals surface area contributed by atoms with Crippen LogP contribution in [0.4, 0.5) is 11.4 Å². The number of amides is 2. The minimum atomic E-state index is -0.331. The maximum absolute atomic E-state index is 13.0. The fraction of sp³-hybridized carbons (Fsp3) is 0.273. The molecule has 0 spiro atoms. The second-order valence-corrected chi connectivity index (χ2v) is 7.05. The van der Waals surface area contributed by atoms with Crippen molar-refractivity contribution in [3.05, 3.63) is 72.8 Å². The molecule has 2 N–H and O–H groups in total. The first-order valence-electron chi connectivity index (χ1n) is 9.12. The van der Waals surface area contributed by atoms with E-state index in [9.17, 15) is 9.59 Å². The number of nitrogens with one attached hydrogen (secondary N) is 2. The Hall–Kier alpha value is -2.88.